The van der Waals surface area contributed by atoms with Crippen molar-refractivity contribution in [2.24, 2.45) is 0 Å². The lowest BCUT2D eigenvalue weighted by Crippen LogP contribution is -1.95. The summed E-state index contributed by atoms with van der Waals surface area (Å²) in [6.07, 6.45) is 2.00. The molecule has 0 amide bonds. The molecule has 0 radical (unpaired) electrons. The van der Waals surface area contributed by atoms with E-state index in [0.717, 1.165) is 6.20 Å². The summed E-state index contributed by atoms with van der Waals surface area (Å²) in [7, 11) is 0. The molecule has 0 fully saturated rings. The molecule has 0 saturated heterocycles. The normalized spacial score (nSPS) is 10.7. The molecule has 0 aliphatic carbocycles. The van der Waals surface area contributed by atoms with Gasteiger partial charge in [-0.2, -0.15) is 0 Å². The monoisotopic (exact) mass is 259 g/mol. The van der Waals surface area contributed by atoms with Gasteiger partial charge in [0.05, 0.1) is 16.6 Å². The average Bonchev–Trinajstić information content (AvgIpc) is 2.85. The maximum Gasteiger partial charge on any atom is 0.335 e. The Hall–Kier alpha value is -2.89. The van der Waals surface area contributed by atoms with E-state index >= 15 is 0 Å². The number of hydrogen-bond donors (Lipinski definition) is 1. The molecule has 1 heterocycles. The van der Waals surface area contributed by atoms with Gasteiger partial charge < -0.3 is 9.52 Å². The molecule has 2 aromatic rings. The van der Waals surface area contributed by atoms with Gasteiger partial charge in [0.2, 0.25) is 6.20 Å². The second-order valence-corrected chi connectivity index (χ2v) is 3.69. The van der Waals surface area contributed by atoms with Gasteiger partial charge in [-0.25, -0.2) is 4.79 Å². The number of benzene rings is 1. The minimum atomic E-state index is -1.03. The van der Waals surface area contributed by atoms with Crippen LogP contribution in [0.1, 0.15) is 16.1 Å². The molecule has 1 N–H and O–H groups in total. The van der Waals surface area contributed by atoms with Gasteiger partial charge in [0.1, 0.15) is 11.5 Å². The number of nitrogens with zero attached hydrogens (tertiary/aromatic N) is 1. The number of rotatable bonds is 4. The quantitative estimate of drug-likeness (QED) is 0.673. The summed E-state index contributed by atoms with van der Waals surface area (Å²) in [5, 5.41) is 19.1. The SMILES string of the molecule is O=C(O)c1cccc(-c2ccc(/C=C/[N+](=O)[O-])o2)c1. The van der Waals surface area contributed by atoms with Crippen LogP contribution in [0.2, 0.25) is 0 Å². The fourth-order valence-corrected chi connectivity index (χ4v) is 1.54. The van der Waals surface area contributed by atoms with Crippen molar-refractivity contribution in [3.8, 4) is 11.3 Å². The van der Waals surface area contributed by atoms with Crippen molar-refractivity contribution in [3.63, 3.8) is 0 Å². The van der Waals surface area contributed by atoms with Crippen molar-refractivity contribution in [1.82, 2.24) is 0 Å². The summed E-state index contributed by atoms with van der Waals surface area (Å²) in [5.74, 6) is -0.250. The average molecular weight is 259 g/mol. The zero-order chi connectivity index (χ0) is 13.8. The number of carboxylic acids is 1. The van der Waals surface area contributed by atoms with Gasteiger partial charge in [-0.05, 0) is 24.3 Å². The number of hydrogen-bond acceptors (Lipinski definition) is 4. The molecular weight excluding hydrogens is 250 g/mol. The maximum absolute atomic E-state index is 10.9. The third kappa shape index (κ3) is 3.06. The van der Waals surface area contributed by atoms with Crippen molar-refractivity contribution in [1.29, 1.82) is 0 Å². The molecule has 0 aliphatic rings. The summed E-state index contributed by atoms with van der Waals surface area (Å²) < 4.78 is 5.37. The molecule has 1 aromatic carbocycles. The topological polar surface area (TPSA) is 93.6 Å². The Balaban J connectivity index is 2.30. The zero-order valence-corrected chi connectivity index (χ0v) is 9.65. The Morgan fingerprint density at radius 3 is 2.79 bits per heavy atom. The second kappa shape index (κ2) is 5.18. The van der Waals surface area contributed by atoms with Crippen molar-refractivity contribution < 1.29 is 19.2 Å². The van der Waals surface area contributed by atoms with Gasteiger partial charge in [-0.15, -0.1) is 0 Å². The molecule has 0 bridgehead atoms. The highest BCUT2D eigenvalue weighted by molar-refractivity contribution is 5.89. The largest absolute Gasteiger partial charge is 0.478 e. The maximum atomic E-state index is 10.9. The minimum Gasteiger partial charge on any atom is -0.478 e. The van der Waals surface area contributed by atoms with Crippen LogP contribution < -0.4 is 0 Å². The van der Waals surface area contributed by atoms with E-state index in [1.165, 1.54) is 18.2 Å². The van der Waals surface area contributed by atoms with E-state index in [2.05, 4.69) is 0 Å². The number of nitro groups is 1. The third-order valence-electron chi connectivity index (χ3n) is 2.38. The van der Waals surface area contributed by atoms with Crippen LogP contribution in [0.4, 0.5) is 0 Å². The van der Waals surface area contributed by atoms with Crippen LogP contribution in [0.25, 0.3) is 17.4 Å². The first kappa shape index (κ1) is 12.6. The predicted molar refractivity (Wildman–Crippen MR) is 67.1 cm³/mol. The molecule has 19 heavy (non-hydrogen) atoms. The summed E-state index contributed by atoms with van der Waals surface area (Å²) in [4.78, 5) is 20.4. The highest BCUT2D eigenvalue weighted by Gasteiger charge is 2.07. The van der Waals surface area contributed by atoms with Gasteiger partial charge in [0.25, 0.3) is 0 Å². The van der Waals surface area contributed by atoms with Crippen LogP contribution >= 0.6 is 0 Å². The Morgan fingerprint density at radius 1 is 1.32 bits per heavy atom. The minimum absolute atomic E-state index is 0.149. The van der Waals surface area contributed by atoms with Gasteiger partial charge >= 0.3 is 5.97 Å². The van der Waals surface area contributed by atoms with Crippen molar-refractivity contribution >= 4 is 12.0 Å². The fourth-order valence-electron chi connectivity index (χ4n) is 1.54. The van der Waals surface area contributed by atoms with Crippen LogP contribution in [0.5, 0.6) is 0 Å². The molecule has 6 nitrogen and oxygen atoms in total. The van der Waals surface area contributed by atoms with E-state index < -0.39 is 10.9 Å². The van der Waals surface area contributed by atoms with Gasteiger partial charge in [0.15, 0.2) is 0 Å². The molecule has 0 spiro atoms. The van der Waals surface area contributed by atoms with E-state index in [0.29, 0.717) is 17.1 Å². The summed E-state index contributed by atoms with van der Waals surface area (Å²) in [5.41, 5.74) is 0.747. The first-order chi connectivity index (χ1) is 9.06. The smallest absolute Gasteiger partial charge is 0.335 e. The lowest BCUT2D eigenvalue weighted by atomic mass is 10.1. The Kier molecular flexibility index (Phi) is 3.42. The molecule has 0 atom stereocenters. The Morgan fingerprint density at radius 2 is 2.11 bits per heavy atom. The highest BCUT2D eigenvalue weighted by atomic mass is 16.6. The van der Waals surface area contributed by atoms with Crippen LogP contribution in [-0.4, -0.2) is 16.0 Å². The van der Waals surface area contributed by atoms with Crippen LogP contribution in [0.3, 0.4) is 0 Å². The summed E-state index contributed by atoms with van der Waals surface area (Å²) in [6, 6.07) is 9.45. The van der Waals surface area contributed by atoms with Gasteiger partial charge in [-0.1, -0.05) is 12.1 Å². The van der Waals surface area contributed by atoms with E-state index in [1.807, 2.05) is 0 Å². The molecule has 1 aromatic heterocycles. The second-order valence-electron chi connectivity index (χ2n) is 3.69. The van der Waals surface area contributed by atoms with E-state index in [4.69, 9.17) is 9.52 Å². The summed E-state index contributed by atoms with van der Waals surface area (Å²) >= 11 is 0. The zero-order valence-electron chi connectivity index (χ0n) is 9.65. The fraction of sp³-hybridized carbons (Fsp3) is 0. The number of aromatic carboxylic acids is 1. The van der Waals surface area contributed by atoms with Crippen LogP contribution in [0, 0.1) is 10.1 Å². The first-order valence-electron chi connectivity index (χ1n) is 5.31. The molecule has 0 aliphatic heterocycles. The van der Waals surface area contributed by atoms with E-state index in [1.54, 1.807) is 24.3 Å². The Labute approximate surface area is 107 Å². The molecule has 96 valence electrons. The molecule has 0 saturated carbocycles. The molecule has 6 heteroatoms. The standard InChI is InChI=1S/C13H9NO5/c15-13(16)10-3-1-2-9(8-10)12-5-4-11(19-12)6-7-14(17)18/h1-8H,(H,15,16)/b7-6+. The Bertz CT molecular complexity index is 657. The molecule has 2 rings (SSSR count). The van der Waals surface area contributed by atoms with Crippen molar-refractivity contribution in [2.75, 3.05) is 0 Å². The van der Waals surface area contributed by atoms with Crippen LogP contribution in [0.15, 0.2) is 47.0 Å². The summed E-state index contributed by atoms with van der Waals surface area (Å²) in [6.45, 7) is 0. The third-order valence-corrected chi connectivity index (χ3v) is 2.38. The number of carbonyl (C=O) groups is 1. The van der Waals surface area contributed by atoms with Gasteiger partial charge in [-0.3, -0.25) is 10.1 Å². The van der Waals surface area contributed by atoms with Gasteiger partial charge in [0, 0.05) is 5.56 Å². The van der Waals surface area contributed by atoms with Crippen molar-refractivity contribution in [3.05, 3.63) is 64.0 Å². The number of furan rings is 1. The highest BCUT2D eigenvalue weighted by Crippen LogP contribution is 2.23. The van der Waals surface area contributed by atoms with E-state index in [-0.39, 0.29) is 5.56 Å². The predicted octanol–water partition coefficient (Wildman–Crippen LogP) is 2.89. The lowest BCUT2D eigenvalue weighted by molar-refractivity contribution is -0.401. The molecule has 0 unspecified atom stereocenters. The molecular formula is C13H9NO5. The first-order valence-corrected chi connectivity index (χ1v) is 5.31. The number of carboxylic acid groups (broad SMARTS) is 1. The lowest BCUT2D eigenvalue weighted by Gasteiger charge is -1.98. The van der Waals surface area contributed by atoms with Crippen LogP contribution in [-0.2, 0) is 0 Å². The van der Waals surface area contributed by atoms with E-state index in [9.17, 15) is 14.9 Å². The van der Waals surface area contributed by atoms with Crippen molar-refractivity contribution in [2.45, 2.75) is 0 Å².